The lowest BCUT2D eigenvalue weighted by atomic mass is 10.2. The number of carbonyl (C=O) groups is 1. The van der Waals surface area contributed by atoms with E-state index in [0.29, 0.717) is 5.69 Å². The molecule has 1 unspecified atom stereocenters. The zero-order chi connectivity index (χ0) is 14.7. The zero-order valence-electron chi connectivity index (χ0n) is 11.1. The number of aromatic nitrogens is 2. The lowest BCUT2D eigenvalue weighted by Crippen LogP contribution is -2.27. The molecule has 0 saturated carbocycles. The molecule has 1 atom stereocenters. The molecule has 0 fully saturated rings. The normalized spacial score (nSPS) is 12.0. The molecule has 0 saturated heterocycles. The van der Waals surface area contributed by atoms with Crippen LogP contribution in [-0.4, -0.2) is 15.7 Å². The second kappa shape index (κ2) is 5.90. The van der Waals surface area contributed by atoms with Crippen molar-refractivity contribution in [3.05, 3.63) is 65.1 Å². The molecule has 3 aromatic rings. The maximum Gasteiger partial charge on any atom is 0.246 e. The van der Waals surface area contributed by atoms with Crippen LogP contribution in [0.2, 0.25) is 0 Å². The van der Waals surface area contributed by atoms with Crippen LogP contribution in [0.4, 0.5) is 5.69 Å². The summed E-state index contributed by atoms with van der Waals surface area (Å²) in [5, 5.41) is 8.90. The van der Waals surface area contributed by atoms with Crippen LogP contribution in [0.1, 0.15) is 10.9 Å². The molecule has 0 aliphatic rings. The monoisotopic (exact) mass is 298 g/mol. The molecule has 0 radical (unpaired) electrons. The molecule has 5 nitrogen and oxygen atoms in total. The smallest absolute Gasteiger partial charge is 0.246 e. The van der Waals surface area contributed by atoms with Gasteiger partial charge in [0, 0.05) is 23.0 Å². The van der Waals surface area contributed by atoms with Gasteiger partial charge in [0.2, 0.25) is 5.91 Å². The van der Waals surface area contributed by atoms with Crippen molar-refractivity contribution >= 4 is 22.9 Å². The Bertz CT molecular complexity index is 722. The fourth-order valence-electron chi connectivity index (χ4n) is 1.97. The number of hydrogen-bond donors (Lipinski definition) is 2. The highest BCUT2D eigenvalue weighted by Crippen LogP contribution is 2.19. The molecule has 1 amide bonds. The van der Waals surface area contributed by atoms with Gasteiger partial charge in [-0.05, 0) is 35.7 Å². The third kappa shape index (κ3) is 3.01. The standard InChI is InChI=1S/C15H14N4OS/c16-14(13-6-2-9-21-13)15(20)18-11-4-1-5-12(10-11)19-8-3-7-17-19/h1-10,14H,16H2,(H,18,20). The Balaban J connectivity index is 1.76. The number of thiophene rings is 1. The molecule has 2 aromatic heterocycles. The Labute approximate surface area is 126 Å². The molecule has 0 spiro atoms. The second-order valence-electron chi connectivity index (χ2n) is 4.48. The van der Waals surface area contributed by atoms with E-state index >= 15 is 0 Å². The number of benzene rings is 1. The summed E-state index contributed by atoms with van der Waals surface area (Å²) in [6.07, 6.45) is 3.55. The fourth-order valence-corrected chi connectivity index (χ4v) is 2.69. The first-order valence-electron chi connectivity index (χ1n) is 6.44. The SMILES string of the molecule is NC(C(=O)Nc1cccc(-n2cccn2)c1)c1cccs1. The van der Waals surface area contributed by atoms with E-state index in [4.69, 9.17) is 5.73 Å². The topological polar surface area (TPSA) is 72.9 Å². The van der Waals surface area contributed by atoms with E-state index in [9.17, 15) is 4.79 Å². The number of carbonyl (C=O) groups excluding carboxylic acids is 1. The summed E-state index contributed by atoms with van der Waals surface area (Å²) >= 11 is 1.47. The molecule has 2 heterocycles. The first-order chi connectivity index (χ1) is 10.2. The lowest BCUT2D eigenvalue weighted by molar-refractivity contribution is -0.117. The van der Waals surface area contributed by atoms with Crippen molar-refractivity contribution in [2.45, 2.75) is 6.04 Å². The first kappa shape index (κ1) is 13.5. The average Bonchev–Trinajstić information content (AvgIpc) is 3.20. The molecular weight excluding hydrogens is 284 g/mol. The van der Waals surface area contributed by atoms with Crippen molar-refractivity contribution in [2.75, 3.05) is 5.32 Å². The molecule has 6 heteroatoms. The Kier molecular flexibility index (Phi) is 3.81. The summed E-state index contributed by atoms with van der Waals surface area (Å²) in [7, 11) is 0. The predicted octanol–water partition coefficient (Wildman–Crippen LogP) is 2.57. The van der Waals surface area contributed by atoms with Crippen molar-refractivity contribution in [3.63, 3.8) is 0 Å². The molecule has 0 aliphatic heterocycles. The van der Waals surface area contributed by atoms with Gasteiger partial charge in [0.05, 0.1) is 5.69 Å². The molecular formula is C15H14N4OS. The number of amides is 1. The molecule has 3 rings (SSSR count). The third-order valence-corrected chi connectivity index (χ3v) is 3.97. The van der Waals surface area contributed by atoms with Crippen LogP contribution in [0, 0.1) is 0 Å². The highest BCUT2D eigenvalue weighted by Gasteiger charge is 2.16. The number of anilines is 1. The van der Waals surface area contributed by atoms with Crippen LogP contribution in [0.15, 0.2) is 60.2 Å². The van der Waals surface area contributed by atoms with E-state index in [1.807, 2.05) is 54.0 Å². The third-order valence-electron chi connectivity index (χ3n) is 3.01. The van der Waals surface area contributed by atoms with E-state index in [0.717, 1.165) is 10.6 Å². The van der Waals surface area contributed by atoms with Crippen LogP contribution < -0.4 is 11.1 Å². The Morgan fingerprint density at radius 3 is 2.90 bits per heavy atom. The average molecular weight is 298 g/mol. The van der Waals surface area contributed by atoms with E-state index in [-0.39, 0.29) is 5.91 Å². The second-order valence-corrected chi connectivity index (χ2v) is 5.46. The van der Waals surface area contributed by atoms with Crippen LogP contribution in [0.25, 0.3) is 5.69 Å². The number of nitrogens with one attached hydrogen (secondary N) is 1. The highest BCUT2D eigenvalue weighted by atomic mass is 32.1. The van der Waals surface area contributed by atoms with Gasteiger partial charge in [0.25, 0.3) is 0 Å². The summed E-state index contributed by atoms with van der Waals surface area (Å²) < 4.78 is 1.73. The highest BCUT2D eigenvalue weighted by molar-refractivity contribution is 7.10. The van der Waals surface area contributed by atoms with Gasteiger partial charge in [-0.3, -0.25) is 4.79 Å². The van der Waals surface area contributed by atoms with Crippen molar-refractivity contribution in [2.24, 2.45) is 5.73 Å². The summed E-state index contributed by atoms with van der Waals surface area (Å²) in [6, 6.07) is 12.4. The summed E-state index contributed by atoms with van der Waals surface area (Å²) in [4.78, 5) is 13.0. The first-order valence-corrected chi connectivity index (χ1v) is 7.32. The van der Waals surface area contributed by atoms with E-state index in [1.54, 1.807) is 10.9 Å². The van der Waals surface area contributed by atoms with Crippen molar-refractivity contribution in [1.82, 2.24) is 9.78 Å². The maximum absolute atomic E-state index is 12.2. The minimum atomic E-state index is -0.654. The summed E-state index contributed by atoms with van der Waals surface area (Å²) in [5.41, 5.74) is 7.52. The predicted molar refractivity (Wildman–Crippen MR) is 83.4 cm³/mol. The number of nitrogens with zero attached hydrogens (tertiary/aromatic N) is 2. The van der Waals surface area contributed by atoms with Crippen LogP contribution in [0.3, 0.4) is 0 Å². The van der Waals surface area contributed by atoms with E-state index in [2.05, 4.69) is 10.4 Å². The van der Waals surface area contributed by atoms with Gasteiger partial charge in [-0.2, -0.15) is 5.10 Å². The number of nitrogens with two attached hydrogens (primary N) is 1. The van der Waals surface area contributed by atoms with Gasteiger partial charge in [0.1, 0.15) is 6.04 Å². The molecule has 0 aliphatic carbocycles. The van der Waals surface area contributed by atoms with Gasteiger partial charge in [-0.1, -0.05) is 12.1 Å². The quantitative estimate of drug-likeness (QED) is 0.777. The van der Waals surface area contributed by atoms with E-state index < -0.39 is 6.04 Å². The van der Waals surface area contributed by atoms with Gasteiger partial charge in [-0.25, -0.2) is 4.68 Å². The molecule has 106 valence electrons. The van der Waals surface area contributed by atoms with Crippen LogP contribution in [0.5, 0.6) is 0 Å². The van der Waals surface area contributed by atoms with Gasteiger partial charge < -0.3 is 11.1 Å². The molecule has 3 N–H and O–H groups in total. The van der Waals surface area contributed by atoms with Crippen molar-refractivity contribution in [1.29, 1.82) is 0 Å². The minimum absolute atomic E-state index is 0.227. The lowest BCUT2D eigenvalue weighted by Gasteiger charge is -2.11. The molecule has 0 bridgehead atoms. The van der Waals surface area contributed by atoms with Crippen molar-refractivity contribution in [3.8, 4) is 5.69 Å². The number of rotatable bonds is 4. The number of hydrogen-bond acceptors (Lipinski definition) is 4. The molecule has 1 aromatic carbocycles. The minimum Gasteiger partial charge on any atom is -0.324 e. The summed E-state index contributed by atoms with van der Waals surface area (Å²) in [6.45, 7) is 0. The van der Waals surface area contributed by atoms with Gasteiger partial charge >= 0.3 is 0 Å². The van der Waals surface area contributed by atoms with Gasteiger partial charge in [0.15, 0.2) is 0 Å². The van der Waals surface area contributed by atoms with Crippen molar-refractivity contribution < 1.29 is 4.79 Å². The van der Waals surface area contributed by atoms with E-state index in [1.165, 1.54) is 11.3 Å². The van der Waals surface area contributed by atoms with Gasteiger partial charge in [-0.15, -0.1) is 11.3 Å². The summed E-state index contributed by atoms with van der Waals surface area (Å²) in [5.74, 6) is -0.227. The molecule has 21 heavy (non-hydrogen) atoms. The Morgan fingerprint density at radius 2 is 2.19 bits per heavy atom. The Hall–Kier alpha value is -2.44. The largest absolute Gasteiger partial charge is 0.324 e. The zero-order valence-corrected chi connectivity index (χ0v) is 12.0. The van der Waals surface area contributed by atoms with Crippen LogP contribution in [-0.2, 0) is 4.79 Å². The van der Waals surface area contributed by atoms with Crippen LogP contribution >= 0.6 is 11.3 Å². The maximum atomic E-state index is 12.2. The fraction of sp³-hybridized carbons (Fsp3) is 0.0667. The Morgan fingerprint density at radius 1 is 1.29 bits per heavy atom.